The summed E-state index contributed by atoms with van der Waals surface area (Å²) in [7, 11) is 1.76. The summed E-state index contributed by atoms with van der Waals surface area (Å²) in [4.78, 5) is 12.8. The maximum Gasteiger partial charge on any atom is 0.295 e. The van der Waals surface area contributed by atoms with Crippen LogP contribution < -0.4 is 16.2 Å². The molecule has 0 bridgehead atoms. The molecule has 0 aliphatic carbocycles. The molecule has 26 heavy (non-hydrogen) atoms. The van der Waals surface area contributed by atoms with Crippen molar-refractivity contribution < 1.29 is 8.78 Å². The van der Waals surface area contributed by atoms with E-state index in [0.29, 0.717) is 11.4 Å². The number of nitrogens with one attached hydrogen (secondary N) is 2. The number of aromatic nitrogens is 2. The van der Waals surface area contributed by atoms with Crippen LogP contribution in [0.5, 0.6) is 0 Å². The van der Waals surface area contributed by atoms with Gasteiger partial charge in [-0.25, -0.2) is 13.5 Å². The quantitative estimate of drug-likeness (QED) is 0.688. The minimum Gasteiger partial charge on any atom is -0.332 e. The molecule has 3 rings (SSSR count). The molecule has 0 saturated carbocycles. The van der Waals surface area contributed by atoms with Crippen molar-refractivity contribution in [3.8, 4) is 5.69 Å². The van der Waals surface area contributed by atoms with Crippen LogP contribution in [0.25, 0.3) is 5.69 Å². The van der Waals surface area contributed by atoms with Crippen LogP contribution in [0.4, 0.5) is 20.2 Å². The van der Waals surface area contributed by atoms with Gasteiger partial charge in [0.2, 0.25) is 0 Å². The average molecular weight is 374 g/mol. The first-order chi connectivity index (χ1) is 12.4. The van der Waals surface area contributed by atoms with Crippen LogP contribution in [0, 0.1) is 18.6 Å². The van der Waals surface area contributed by atoms with Crippen molar-refractivity contribution in [2.24, 2.45) is 7.05 Å². The van der Waals surface area contributed by atoms with Gasteiger partial charge in [0.1, 0.15) is 5.69 Å². The molecule has 0 unspecified atom stereocenters. The summed E-state index contributed by atoms with van der Waals surface area (Å²) in [6.45, 7) is 1.78. The lowest BCUT2D eigenvalue weighted by molar-refractivity contribution is 0.509. The fourth-order valence-corrected chi connectivity index (χ4v) is 2.78. The largest absolute Gasteiger partial charge is 0.332 e. The second kappa shape index (κ2) is 7.09. The van der Waals surface area contributed by atoms with Gasteiger partial charge in [-0.2, -0.15) is 0 Å². The molecule has 1 aromatic heterocycles. The van der Waals surface area contributed by atoms with Gasteiger partial charge < -0.3 is 10.6 Å². The predicted molar refractivity (Wildman–Crippen MR) is 102 cm³/mol. The van der Waals surface area contributed by atoms with Gasteiger partial charge in [-0.1, -0.05) is 18.2 Å². The number of anilines is 2. The maximum atomic E-state index is 13.3. The van der Waals surface area contributed by atoms with Crippen molar-refractivity contribution >= 4 is 28.7 Å². The number of thiocarbonyl (C=S) groups is 1. The second-order valence-corrected chi connectivity index (χ2v) is 6.05. The zero-order valence-corrected chi connectivity index (χ0v) is 14.9. The Balaban J connectivity index is 1.87. The molecule has 0 fully saturated rings. The highest BCUT2D eigenvalue weighted by Crippen LogP contribution is 2.16. The Morgan fingerprint density at radius 2 is 1.73 bits per heavy atom. The normalized spacial score (nSPS) is 10.6. The lowest BCUT2D eigenvalue weighted by Gasteiger charge is -2.09. The summed E-state index contributed by atoms with van der Waals surface area (Å²) in [5, 5.41) is 5.68. The van der Waals surface area contributed by atoms with Crippen LogP contribution in [0.15, 0.2) is 53.3 Å². The molecule has 3 aromatic rings. The fraction of sp³-hybridized carbons (Fsp3) is 0.111. The van der Waals surface area contributed by atoms with Gasteiger partial charge in [-0.15, -0.1) is 0 Å². The highest BCUT2D eigenvalue weighted by Gasteiger charge is 2.17. The first kappa shape index (κ1) is 17.8. The number of hydrogen-bond donors (Lipinski definition) is 2. The molecule has 0 amide bonds. The van der Waals surface area contributed by atoms with Gasteiger partial charge in [0.25, 0.3) is 5.56 Å². The van der Waals surface area contributed by atoms with E-state index < -0.39 is 11.6 Å². The van der Waals surface area contributed by atoms with Crippen molar-refractivity contribution in [1.82, 2.24) is 9.36 Å². The number of nitrogens with zero attached hydrogens (tertiary/aromatic N) is 2. The first-order valence-electron chi connectivity index (χ1n) is 7.75. The van der Waals surface area contributed by atoms with Crippen LogP contribution in [0.1, 0.15) is 5.69 Å². The van der Waals surface area contributed by atoms with Crippen LogP contribution in [0.2, 0.25) is 0 Å². The Kier molecular flexibility index (Phi) is 4.85. The molecule has 0 saturated heterocycles. The van der Waals surface area contributed by atoms with Gasteiger partial charge in [-0.05, 0) is 43.4 Å². The topological polar surface area (TPSA) is 51.0 Å². The average Bonchev–Trinajstić information content (AvgIpc) is 2.82. The predicted octanol–water partition coefficient (Wildman–Crippen LogP) is 3.57. The van der Waals surface area contributed by atoms with Crippen LogP contribution in [-0.4, -0.2) is 14.5 Å². The van der Waals surface area contributed by atoms with E-state index in [0.717, 1.165) is 17.8 Å². The molecule has 8 heteroatoms. The van der Waals surface area contributed by atoms with E-state index in [1.54, 1.807) is 18.7 Å². The summed E-state index contributed by atoms with van der Waals surface area (Å²) in [5.74, 6) is -1.93. The van der Waals surface area contributed by atoms with Crippen molar-refractivity contribution in [2.75, 3.05) is 10.6 Å². The van der Waals surface area contributed by atoms with E-state index in [1.807, 2.05) is 30.3 Å². The highest BCUT2D eigenvalue weighted by molar-refractivity contribution is 7.80. The smallest absolute Gasteiger partial charge is 0.295 e. The third-order valence-electron chi connectivity index (χ3n) is 3.97. The van der Waals surface area contributed by atoms with Crippen molar-refractivity contribution in [2.45, 2.75) is 6.92 Å². The summed E-state index contributed by atoms with van der Waals surface area (Å²) < 4.78 is 29.5. The molecule has 0 aliphatic heterocycles. The van der Waals surface area contributed by atoms with E-state index in [1.165, 1.54) is 10.7 Å². The second-order valence-electron chi connectivity index (χ2n) is 5.64. The monoisotopic (exact) mass is 374 g/mol. The minimum atomic E-state index is -0.986. The lowest BCUT2D eigenvalue weighted by atomic mass is 10.3. The van der Waals surface area contributed by atoms with Crippen LogP contribution in [-0.2, 0) is 7.05 Å². The van der Waals surface area contributed by atoms with Crippen molar-refractivity contribution in [1.29, 1.82) is 0 Å². The Labute approximate surface area is 153 Å². The van der Waals surface area contributed by atoms with E-state index in [2.05, 4.69) is 10.6 Å². The first-order valence-corrected chi connectivity index (χ1v) is 8.16. The zero-order valence-electron chi connectivity index (χ0n) is 14.1. The summed E-state index contributed by atoms with van der Waals surface area (Å²) >= 11 is 5.19. The van der Waals surface area contributed by atoms with E-state index in [9.17, 15) is 13.6 Å². The van der Waals surface area contributed by atoms with E-state index in [-0.39, 0.29) is 16.4 Å². The standard InChI is InChI=1S/C18H16F2N4OS/c1-11-16(17(25)24(23(11)2)13-6-4-3-5-7-13)22-18(26)21-12-8-9-14(19)15(20)10-12/h3-10H,1-2H3,(H2,21,22,26). The SMILES string of the molecule is Cc1c(NC(=S)Nc2ccc(F)c(F)c2)c(=O)n(-c2ccccc2)n1C. The third-order valence-corrected chi connectivity index (χ3v) is 4.17. The van der Waals surface area contributed by atoms with Crippen LogP contribution in [0.3, 0.4) is 0 Å². The molecule has 0 radical (unpaired) electrons. The zero-order chi connectivity index (χ0) is 18.8. The Morgan fingerprint density at radius 1 is 1.04 bits per heavy atom. The molecule has 0 spiro atoms. The minimum absolute atomic E-state index is 0.0991. The van der Waals surface area contributed by atoms with Gasteiger partial charge in [-0.3, -0.25) is 9.48 Å². The summed E-state index contributed by atoms with van der Waals surface area (Å²) in [6.07, 6.45) is 0. The molecule has 5 nitrogen and oxygen atoms in total. The molecule has 2 N–H and O–H groups in total. The molecule has 1 heterocycles. The molecule has 134 valence electrons. The Morgan fingerprint density at radius 3 is 2.38 bits per heavy atom. The molecule has 2 aromatic carbocycles. The third kappa shape index (κ3) is 3.36. The molecule has 0 atom stereocenters. The van der Waals surface area contributed by atoms with Gasteiger partial charge in [0, 0.05) is 18.8 Å². The Bertz CT molecular complexity index is 1030. The van der Waals surface area contributed by atoms with E-state index in [4.69, 9.17) is 12.2 Å². The van der Waals surface area contributed by atoms with E-state index >= 15 is 0 Å². The van der Waals surface area contributed by atoms with Crippen LogP contribution >= 0.6 is 12.2 Å². The van der Waals surface area contributed by atoms with Crippen molar-refractivity contribution in [3.63, 3.8) is 0 Å². The maximum absolute atomic E-state index is 13.3. The molecular formula is C18H16F2N4OS. The molecular weight excluding hydrogens is 358 g/mol. The number of benzene rings is 2. The number of rotatable bonds is 3. The molecule has 0 aliphatic rings. The van der Waals surface area contributed by atoms with Gasteiger partial charge in [0.05, 0.1) is 11.4 Å². The highest BCUT2D eigenvalue weighted by atomic mass is 32.1. The summed E-state index contributed by atoms with van der Waals surface area (Å²) in [6, 6.07) is 12.5. The fourth-order valence-electron chi connectivity index (χ4n) is 2.56. The number of halogens is 2. The summed E-state index contributed by atoms with van der Waals surface area (Å²) in [5.41, 5.74) is 1.70. The van der Waals surface area contributed by atoms with Gasteiger partial charge in [0.15, 0.2) is 16.7 Å². The number of para-hydroxylation sites is 1. The van der Waals surface area contributed by atoms with Gasteiger partial charge >= 0.3 is 0 Å². The van der Waals surface area contributed by atoms with Crippen molar-refractivity contribution in [3.05, 3.63) is 76.2 Å². The number of hydrogen-bond acceptors (Lipinski definition) is 2. The lowest BCUT2D eigenvalue weighted by Crippen LogP contribution is -2.25. The Hall–Kier alpha value is -3.00.